The SMILES string of the molecule is C#CCC(C)NCC(=O)NC1CCCC1. The van der Waals surface area contributed by atoms with Gasteiger partial charge in [-0.15, -0.1) is 12.3 Å². The first kappa shape index (κ1) is 12.1. The van der Waals surface area contributed by atoms with E-state index in [4.69, 9.17) is 6.42 Å². The van der Waals surface area contributed by atoms with Gasteiger partial charge in [0.15, 0.2) is 0 Å². The summed E-state index contributed by atoms with van der Waals surface area (Å²) in [4.78, 5) is 11.5. The van der Waals surface area contributed by atoms with Crippen LogP contribution in [-0.4, -0.2) is 24.5 Å². The van der Waals surface area contributed by atoms with Crippen LogP contribution in [0.4, 0.5) is 0 Å². The smallest absolute Gasteiger partial charge is 0.234 e. The molecule has 0 radical (unpaired) electrons. The van der Waals surface area contributed by atoms with Crippen molar-refractivity contribution in [2.75, 3.05) is 6.54 Å². The van der Waals surface area contributed by atoms with Crippen molar-refractivity contribution in [3.05, 3.63) is 0 Å². The summed E-state index contributed by atoms with van der Waals surface area (Å²) in [6, 6.07) is 0.617. The van der Waals surface area contributed by atoms with E-state index in [0.29, 0.717) is 19.0 Å². The standard InChI is InChI=1S/C12H20N2O/c1-3-6-10(2)13-9-12(15)14-11-7-4-5-8-11/h1,10-11,13H,4-9H2,2H3,(H,14,15). The molecule has 0 bridgehead atoms. The van der Waals surface area contributed by atoms with Crippen molar-refractivity contribution >= 4 is 5.91 Å². The maximum atomic E-state index is 11.5. The lowest BCUT2D eigenvalue weighted by Crippen LogP contribution is -2.41. The molecular weight excluding hydrogens is 188 g/mol. The molecule has 1 aliphatic carbocycles. The van der Waals surface area contributed by atoms with Crippen LogP contribution in [0.5, 0.6) is 0 Å². The lowest BCUT2D eigenvalue weighted by Gasteiger charge is -2.14. The molecule has 1 fully saturated rings. The molecule has 15 heavy (non-hydrogen) atoms. The highest BCUT2D eigenvalue weighted by Gasteiger charge is 2.16. The number of amides is 1. The van der Waals surface area contributed by atoms with E-state index in [2.05, 4.69) is 16.6 Å². The fourth-order valence-corrected chi connectivity index (χ4v) is 1.86. The van der Waals surface area contributed by atoms with Gasteiger partial charge in [-0.05, 0) is 19.8 Å². The Morgan fingerprint density at radius 1 is 1.53 bits per heavy atom. The van der Waals surface area contributed by atoms with Crippen LogP contribution >= 0.6 is 0 Å². The normalized spacial score (nSPS) is 18.4. The zero-order valence-electron chi connectivity index (χ0n) is 9.38. The first-order valence-electron chi connectivity index (χ1n) is 5.68. The van der Waals surface area contributed by atoms with Crippen LogP contribution in [0.3, 0.4) is 0 Å². The Morgan fingerprint density at radius 2 is 2.20 bits per heavy atom. The van der Waals surface area contributed by atoms with Gasteiger partial charge in [0.1, 0.15) is 0 Å². The molecule has 1 amide bonds. The molecule has 84 valence electrons. The predicted octanol–water partition coefficient (Wildman–Crippen LogP) is 1.05. The Morgan fingerprint density at radius 3 is 2.80 bits per heavy atom. The Labute approximate surface area is 92.0 Å². The monoisotopic (exact) mass is 208 g/mol. The Kier molecular flexibility index (Phi) is 5.20. The fraction of sp³-hybridized carbons (Fsp3) is 0.750. The Hall–Kier alpha value is -1.01. The molecule has 1 rings (SSSR count). The fourth-order valence-electron chi connectivity index (χ4n) is 1.86. The molecule has 3 nitrogen and oxygen atoms in total. The molecule has 0 aliphatic heterocycles. The van der Waals surface area contributed by atoms with Gasteiger partial charge in [-0.3, -0.25) is 4.79 Å². The quantitative estimate of drug-likeness (QED) is 0.663. The third-order valence-electron chi connectivity index (χ3n) is 2.76. The summed E-state index contributed by atoms with van der Waals surface area (Å²) in [5.41, 5.74) is 0. The van der Waals surface area contributed by atoms with Gasteiger partial charge in [0, 0.05) is 18.5 Å². The van der Waals surface area contributed by atoms with Gasteiger partial charge >= 0.3 is 0 Å². The molecule has 1 unspecified atom stereocenters. The zero-order valence-corrected chi connectivity index (χ0v) is 9.38. The number of hydrogen-bond acceptors (Lipinski definition) is 2. The Balaban J connectivity index is 2.10. The molecule has 2 N–H and O–H groups in total. The van der Waals surface area contributed by atoms with Gasteiger partial charge in [-0.2, -0.15) is 0 Å². The van der Waals surface area contributed by atoms with Crippen molar-refractivity contribution in [1.82, 2.24) is 10.6 Å². The summed E-state index contributed by atoms with van der Waals surface area (Å²) in [5.74, 6) is 2.66. The minimum atomic E-state index is 0.0887. The molecule has 0 spiro atoms. The van der Waals surface area contributed by atoms with Crippen LogP contribution in [-0.2, 0) is 4.79 Å². The summed E-state index contributed by atoms with van der Waals surface area (Å²) in [5, 5.41) is 6.13. The zero-order chi connectivity index (χ0) is 11.1. The highest BCUT2D eigenvalue weighted by Crippen LogP contribution is 2.17. The van der Waals surface area contributed by atoms with E-state index in [9.17, 15) is 4.79 Å². The predicted molar refractivity (Wildman–Crippen MR) is 61.3 cm³/mol. The second-order valence-electron chi connectivity index (χ2n) is 4.24. The number of terminal acetylenes is 1. The van der Waals surface area contributed by atoms with Crippen LogP contribution in [0.15, 0.2) is 0 Å². The summed E-state index contributed by atoms with van der Waals surface area (Å²) in [7, 11) is 0. The topological polar surface area (TPSA) is 41.1 Å². The van der Waals surface area contributed by atoms with Crippen molar-refractivity contribution in [3.8, 4) is 12.3 Å². The number of carbonyl (C=O) groups excluding carboxylic acids is 1. The number of hydrogen-bond donors (Lipinski definition) is 2. The average Bonchev–Trinajstić information content (AvgIpc) is 2.68. The van der Waals surface area contributed by atoms with Crippen LogP contribution in [0, 0.1) is 12.3 Å². The largest absolute Gasteiger partial charge is 0.352 e. The number of rotatable bonds is 5. The van der Waals surface area contributed by atoms with Crippen LogP contribution in [0.25, 0.3) is 0 Å². The third-order valence-corrected chi connectivity index (χ3v) is 2.76. The lowest BCUT2D eigenvalue weighted by atomic mass is 10.2. The molecule has 1 saturated carbocycles. The van der Waals surface area contributed by atoms with Crippen molar-refractivity contribution in [2.45, 2.75) is 51.1 Å². The van der Waals surface area contributed by atoms with Gasteiger partial charge in [0.25, 0.3) is 0 Å². The molecule has 1 atom stereocenters. The minimum Gasteiger partial charge on any atom is -0.352 e. The molecule has 0 heterocycles. The second-order valence-corrected chi connectivity index (χ2v) is 4.24. The third kappa shape index (κ3) is 4.85. The lowest BCUT2D eigenvalue weighted by molar-refractivity contribution is -0.121. The molecule has 1 aliphatic rings. The van der Waals surface area contributed by atoms with Crippen LogP contribution in [0.1, 0.15) is 39.0 Å². The first-order chi connectivity index (χ1) is 7.22. The summed E-state index contributed by atoms with van der Waals surface area (Å²) >= 11 is 0. The van der Waals surface area contributed by atoms with E-state index in [1.165, 1.54) is 12.8 Å². The average molecular weight is 208 g/mol. The minimum absolute atomic E-state index is 0.0887. The first-order valence-corrected chi connectivity index (χ1v) is 5.68. The summed E-state index contributed by atoms with van der Waals surface area (Å²) < 4.78 is 0. The highest BCUT2D eigenvalue weighted by atomic mass is 16.1. The molecule has 3 heteroatoms. The van der Waals surface area contributed by atoms with Crippen LogP contribution in [0.2, 0.25) is 0 Å². The van der Waals surface area contributed by atoms with E-state index in [-0.39, 0.29) is 11.9 Å². The van der Waals surface area contributed by atoms with Crippen molar-refractivity contribution < 1.29 is 4.79 Å². The summed E-state index contributed by atoms with van der Waals surface area (Å²) in [6.07, 6.45) is 10.6. The second kappa shape index (κ2) is 6.47. The van der Waals surface area contributed by atoms with Gasteiger partial charge in [-0.1, -0.05) is 12.8 Å². The maximum absolute atomic E-state index is 11.5. The van der Waals surface area contributed by atoms with Gasteiger partial charge in [-0.25, -0.2) is 0 Å². The van der Waals surface area contributed by atoms with Gasteiger partial charge in [0.2, 0.25) is 5.91 Å². The van der Waals surface area contributed by atoms with Crippen molar-refractivity contribution in [2.24, 2.45) is 0 Å². The number of nitrogens with one attached hydrogen (secondary N) is 2. The van der Waals surface area contributed by atoms with Crippen molar-refractivity contribution in [3.63, 3.8) is 0 Å². The molecule has 0 aromatic heterocycles. The van der Waals surface area contributed by atoms with E-state index in [1.54, 1.807) is 0 Å². The summed E-state index contributed by atoms with van der Waals surface area (Å²) in [6.45, 7) is 2.36. The highest BCUT2D eigenvalue weighted by molar-refractivity contribution is 5.78. The molecule has 0 aromatic rings. The van der Waals surface area contributed by atoms with Crippen molar-refractivity contribution in [1.29, 1.82) is 0 Å². The van der Waals surface area contributed by atoms with E-state index < -0.39 is 0 Å². The van der Waals surface area contributed by atoms with E-state index in [0.717, 1.165) is 12.8 Å². The molecule has 0 saturated heterocycles. The van der Waals surface area contributed by atoms with Crippen LogP contribution < -0.4 is 10.6 Å². The molecule has 0 aromatic carbocycles. The van der Waals surface area contributed by atoms with Gasteiger partial charge in [0.05, 0.1) is 6.54 Å². The maximum Gasteiger partial charge on any atom is 0.234 e. The van der Waals surface area contributed by atoms with Gasteiger partial charge < -0.3 is 10.6 Å². The van der Waals surface area contributed by atoms with E-state index in [1.807, 2.05) is 6.92 Å². The Bertz CT molecular complexity index is 238. The van der Waals surface area contributed by atoms with E-state index >= 15 is 0 Å². The number of carbonyl (C=O) groups is 1. The molecular formula is C12H20N2O.